The second kappa shape index (κ2) is 3.05. The molecule has 0 aromatic heterocycles. The molecule has 0 unspecified atom stereocenters. The van der Waals surface area contributed by atoms with Gasteiger partial charge in [-0.3, -0.25) is 0 Å². The Hall–Kier alpha value is 1.10. The summed E-state index contributed by atoms with van der Waals surface area (Å²) in [5, 5.41) is 0. The summed E-state index contributed by atoms with van der Waals surface area (Å²) in [7, 11) is 0. The Labute approximate surface area is 95.8 Å². The molecule has 0 amide bonds. The zero-order valence-corrected chi connectivity index (χ0v) is 12.1. The van der Waals surface area contributed by atoms with Crippen LogP contribution in [0.4, 0.5) is 0 Å². The maximum Gasteiger partial charge on any atom is 0.0266 e. The molecule has 0 atom stereocenters. The largest absolute Gasteiger partial charge is 0.0853 e. The molecule has 0 aliphatic heterocycles. The second-order valence-corrected chi connectivity index (χ2v) is 6.75. The molecule has 0 nitrogen and oxygen atoms in total. The van der Waals surface area contributed by atoms with Gasteiger partial charge in [0.15, 0.2) is 0 Å². The van der Waals surface area contributed by atoms with Gasteiger partial charge in [0.2, 0.25) is 0 Å². The van der Waals surface area contributed by atoms with Crippen LogP contribution in [0.3, 0.4) is 0 Å². The van der Waals surface area contributed by atoms with Crippen LogP contribution < -0.4 is 0 Å². The molecule has 4 rings (SSSR count). The predicted octanol–water partition coefficient (Wildman–Crippen LogP) is 3.35. The Balaban J connectivity index is 0.000000563. The average Bonchev–Trinajstić information content (AvgIpc) is 1.79. The van der Waals surface area contributed by atoms with E-state index in [4.69, 9.17) is 0 Å². The molecule has 0 radical (unpaired) electrons. The first-order chi connectivity index (χ1) is 5.23. The first-order valence-electron chi connectivity index (χ1n) is 4.92. The quantitative estimate of drug-likeness (QED) is 0.471. The van der Waals surface area contributed by atoms with Crippen LogP contribution in [0.2, 0.25) is 0 Å². The topological polar surface area (TPSA) is 0 Å². The molecule has 4 fully saturated rings. The van der Waals surface area contributed by atoms with Crippen LogP contribution in [0.25, 0.3) is 0 Å². The summed E-state index contributed by atoms with van der Waals surface area (Å²) in [5.41, 5.74) is 0. The van der Waals surface area contributed by atoms with Gasteiger partial charge in [0, 0.05) is 23.8 Å². The van der Waals surface area contributed by atoms with Crippen molar-refractivity contribution in [3.05, 3.63) is 0 Å². The monoisotopic (exact) mass is 278 g/mol. The van der Waals surface area contributed by atoms with E-state index in [1.807, 2.05) is 0 Å². The Bertz CT molecular complexity index is 155. The summed E-state index contributed by atoms with van der Waals surface area (Å²) >= 11 is 3.96. The first kappa shape index (κ1) is 9.65. The minimum Gasteiger partial charge on any atom is -0.0853 e. The van der Waals surface area contributed by atoms with Crippen LogP contribution >= 0.6 is 15.9 Å². The van der Waals surface area contributed by atoms with Gasteiger partial charge in [0.1, 0.15) is 0 Å². The van der Waals surface area contributed by atoms with Crippen molar-refractivity contribution >= 4 is 15.9 Å². The van der Waals surface area contributed by atoms with Gasteiger partial charge in [-0.2, -0.15) is 0 Å². The zero-order chi connectivity index (χ0) is 7.47. The molecule has 0 saturated heterocycles. The summed E-state index contributed by atoms with van der Waals surface area (Å²) < 4.78 is 0.613. The Morgan fingerprint density at radius 1 is 0.833 bits per heavy atom. The van der Waals surface area contributed by atoms with Crippen LogP contribution in [0.5, 0.6) is 0 Å². The van der Waals surface area contributed by atoms with Crippen molar-refractivity contribution in [1.29, 1.82) is 0 Å². The summed E-state index contributed by atoms with van der Waals surface area (Å²) in [6, 6.07) is 0. The molecule has 2 heteroatoms. The van der Waals surface area contributed by atoms with Gasteiger partial charge >= 0.3 is 0 Å². The Morgan fingerprint density at radius 2 is 1.17 bits per heavy atom. The summed E-state index contributed by atoms with van der Waals surface area (Å²) in [6.45, 7) is 0. The van der Waals surface area contributed by atoms with Crippen LogP contribution in [-0.2, 0) is 19.5 Å². The van der Waals surface area contributed by atoms with Crippen molar-refractivity contribution < 1.29 is 19.5 Å². The van der Waals surface area contributed by atoms with Crippen molar-refractivity contribution in [3.63, 3.8) is 0 Å². The SMILES string of the molecule is BrC12CC3CC(CC(C3)C1)C2.[Zn]. The van der Waals surface area contributed by atoms with E-state index >= 15 is 0 Å². The van der Waals surface area contributed by atoms with Crippen molar-refractivity contribution in [2.75, 3.05) is 0 Å². The van der Waals surface area contributed by atoms with E-state index < -0.39 is 0 Å². The standard InChI is InChI=1S/C10H15Br.Zn/c11-10-4-7-1-8(5-10)3-9(2-7)6-10;/h7-9H,1-6H2;. The van der Waals surface area contributed by atoms with Crippen LogP contribution in [0.15, 0.2) is 0 Å². The number of hydrogen-bond acceptors (Lipinski definition) is 0. The maximum atomic E-state index is 3.96. The minimum atomic E-state index is 0. The van der Waals surface area contributed by atoms with E-state index in [0.29, 0.717) is 4.32 Å². The zero-order valence-electron chi connectivity index (χ0n) is 7.56. The third-order valence-corrected chi connectivity index (χ3v) is 4.93. The van der Waals surface area contributed by atoms with Gasteiger partial charge < -0.3 is 0 Å². The normalized spacial score (nSPS) is 55.2. The van der Waals surface area contributed by atoms with Gasteiger partial charge in [-0.1, -0.05) is 15.9 Å². The van der Waals surface area contributed by atoms with Crippen LogP contribution in [0, 0.1) is 17.8 Å². The summed E-state index contributed by atoms with van der Waals surface area (Å²) in [5.74, 6) is 3.29. The number of halogens is 1. The van der Waals surface area contributed by atoms with Gasteiger partial charge in [-0.25, -0.2) is 0 Å². The van der Waals surface area contributed by atoms with E-state index in [2.05, 4.69) is 15.9 Å². The molecule has 4 aliphatic carbocycles. The van der Waals surface area contributed by atoms with Gasteiger partial charge in [-0.15, -0.1) is 0 Å². The van der Waals surface area contributed by atoms with Gasteiger partial charge in [0.05, 0.1) is 0 Å². The molecular formula is C10H15BrZn. The predicted molar refractivity (Wildman–Crippen MR) is 49.8 cm³/mol. The fraction of sp³-hybridized carbons (Fsp3) is 1.00. The molecule has 4 bridgehead atoms. The van der Waals surface area contributed by atoms with Crippen molar-refractivity contribution in [2.24, 2.45) is 17.8 Å². The van der Waals surface area contributed by atoms with Gasteiger partial charge in [-0.05, 0) is 56.3 Å². The minimum absolute atomic E-state index is 0. The van der Waals surface area contributed by atoms with E-state index in [1.165, 1.54) is 19.3 Å². The molecule has 0 N–H and O–H groups in total. The average molecular weight is 281 g/mol. The van der Waals surface area contributed by atoms with Crippen molar-refractivity contribution in [1.82, 2.24) is 0 Å². The van der Waals surface area contributed by atoms with E-state index in [9.17, 15) is 0 Å². The van der Waals surface area contributed by atoms with E-state index in [0.717, 1.165) is 17.8 Å². The Morgan fingerprint density at radius 3 is 1.42 bits per heavy atom. The van der Waals surface area contributed by atoms with E-state index in [1.54, 1.807) is 19.3 Å². The van der Waals surface area contributed by atoms with Crippen molar-refractivity contribution in [2.45, 2.75) is 42.8 Å². The smallest absolute Gasteiger partial charge is 0.0266 e. The number of alkyl halides is 1. The van der Waals surface area contributed by atoms with E-state index in [-0.39, 0.29) is 19.5 Å². The summed E-state index contributed by atoms with van der Waals surface area (Å²) in [4.78, 5) is 0. The molecule has 4 aliphatic rings. The molecule has 0 aromatic rings. The number of hydrogen-bond donors (Lipinski definition) is 0. The van der Waals surface area contributed by atoms with Gasteiger partial charge in [0.25, 0.3) is 0 Å². The molecule has 0 heterocycles. The molecule has 4 saturated carbocycles. The molecule has 0 aromatic carbocycles. The third kappa shape index (κ3) is 1.44. The second-order valence-electron chi connectivity index (χ2n) is 5.07. The van der Waals surface area contributed by atoms with Crippen LogP contribution in [0.1, 0.15) is 38.5 Å². The molecule has 0 spiro atoms. The number of rotatable bonds is 0. The molecule has 12 heavy (non-hydrogen) atoms. The molecule has 64 valence electrons. The fourth-order valence-corrected chi connectivity index (χ4v) is 5.38. The fourth-order valence-electron chi connectivity index (χ4n) is 4.00. The third-order valence-electron chi connectivity index (χ3n) is 3.96. The first-order valence-corrected chi connectivity index (χ1v) is 5.72. The molecular weight excluding hydrogens is 265 g/mol. The van der Waals surface area contributed by atoms with Crippen LogP contribution in [-0.4, -0.2) is 4.32 Å². The Kier molecular flexibility index (Phi) is 2.46. The summed E-state index contributed by atoms with van der Waals surface area (Å²) in [6.07, 6.45) is 9.14. The maximum absolute atomic E-state index is 3.96. The van der Waals surface area contributed by atoms with Crippen molar-refractivity contribution in [3.8, 4) is 0 Å².